The number of carbonyl (C=O) groups excluding carboxylic acids is 1. The quantitative estimate of drug-likeness (QED) is 0.798. The summed E-state index contributed by atoms with van der Waals surface area (Å²) < 4.78 is 10.2. The molecule has 0 bridgehead atoms. The third-order valence-corrected chi connectivity index (χ3v) is 2.92. The summed E-state index contributed by atoms with van der Waals surface area (Å²) in [5, 5.41) is 0. The maximum atomic E-state index is 12.0. The molecule has 0 radical (unpaired) electrons. The zero-order valence-electron chi connectivity index (χ0n) is 12.3. The molecule has 0 saturated carbocycles. The normalized spacial score (nSPS) is 11.4. The van der Waals surface area contributed by atoms with Crippen LogP contribution in [-0.4, -0.2) is 17.6 Å². The molecule has 0 saturated heterocycles. The number of esters is 1. The first-order valence-corrected chi connectivity index (χ1v) is 6.64. The number of furan rings is 1. The Bertz CT molecular complexity index is 595. The molecule has 0 aliphatic heterocycles. The highest BCUT2D eigenvalue weighted by Gasteiger charge is 2.25. The van der Waals surface area contributed by atoms with Crippen LogP contribution in [0.3, 0.4) is 0 Å². The number of pyridine rings is 1. The molecule has 0 atom stereocenters. The third-order valence-electron chi connectivity index (χ3n) is 2.92. The molecule has 2 heterocycles. The number of carbonyl (C=O) groups is 1. The predicted molar refractivity (Wildman–Crippen MR) is 76.6 cm³/mol. The van der Waals surface area contributed by atoms with E-state index in [1.165, 1.54) is 0 Å². The summed E-state index contributed by atoms with van der Waals surface area (Å²) in [7, 11) is 0. The lowest BCUT2D eigenvalue weighted by molar-refractivity contribution is 0.0523. The van der Waals surface area contributed by atoms with Crippen molar-refractivity contribution < 1.29 is 13.9 Å². The number of ether oxygens (including phenoxy) is 1. The van der Waals surface area contributed by atoms with Crippen LogP contribution in [0.1, 0.15) is 43.7 Å². The van der Waals surface area contributed by atoms with Crippen LogP contribution in [0.15, 0.2) is 35.1 Å². The maximum absolute atomic E-state index is 12.0. The Balaban J connectivity index is 2.52. The van der Waals surface area contributed by atoms with Crippen molar-refractivity contribution in [2.45, 2.75) is 33.1 Å². The maximum Gasteiger partial charge on any atom is 0.340 e. The molecule has 0 N–H and O–H groups in total. The van der Waals surface area contributed by atoms with E-state index in [2.05, 4.69) is 4.98 Å². The largest absolute Gasteiger partial charge is 0.472 e. The molecule has 0 fully saturated rings. The molecule has 20 heavy (non-hydrogen) atoms. The van der Waals surface area contributed by atoms with Gasteiger partial charge in [0.2, 0.25) is 0 Å². The summed E-state index contributed by atoms with van der Waals surface area (Å²) >= 11 is 0. The third kappa shape index (κ3) is 2.90. The molecule has 0 aliphatic carbocycles. The summed E-state index contributed by atoms with van der Waals surface area (Å²) in [6, 6.07) is 5.43. The number of hydrogen-bond donors (Lipinski definition) is 0. The molecule has 4 nitrogen and oxygen atoms in total. The first-order chi connectivity index (χ1) is 9.43. The second-order valence-corrected chi connectivity index (χ2v) is 5.58. The molecule has 2 aromatic heterocycles. The van der Waals surface area contributed by atoms with Crippen LogP contribution in [0.25, 0.3) is 11.3 Å². The minimum atomic E-state index is -0.330. The zero-order chi connectivity index (χ0) is 14.8. The Morgan fingerprint density at radius 3 is 2.60 bits per heavy atom. The van der Waals surface area contributed by atoms with Gasteiger partial charge in [-0.15, -0.1) is 0 Å². The summed E-state index contributed by atoms with van der Waals surface area (Å²) in [6.45, 7) is 8.22. The Morgan fingerprint density at radius 2 is 2.05 bits per heavy atom. The SMILES string of the molecule is CCOC(=O)c1ccc(-c2ccoc2)nc1C(C)(C)C. The van der Waals surface area contributed by atoms with Crippen LogP contribution < -0.4 is 0 Å². The lowest BCUT2D eigenvalue weighted by Crippen LogP contribution is -2.20. The topological polar surface area (TPSA) is 52.3 Å². The first kappa shape index (κ1) is 14.3. The fourth-order valence-electron chi connectivity index (χ4n) is 1.98. The van der Waals surface area contributed by atoms with Gasteiger partial charge in [0.1, 0.15) is 0 Å². The van der Waals surface area contributed by atoms with E-state index in [-0.39, 0.29) is 11.4 Å². The van der Waals surface area contributed by atoms with Crippen molar-refractivity contribution in [1.29, 1.82) is 0 Å². The van der Waals surface area contributed by atoms with Crippen LogP contribution in [0.2, 0.25) is 0 Å². The number of aromatic nitrogens is 1. The van der Waals surface area contributed by atoms with Crippen molar-refractivity contribution in [3.05, 3.63) is 42.0 Å². The summed E-state index contributed by atoms with van der Waals surface area (Å²) in [6.07, 6.45) is 3.24. The Kier molecular flexibility index (Phi) is 3.93. The van der Waals surface area contributed by atoms with E-state index in [9.17, 15) is 4.79 Å². The van der Waals surface area contributed by atoms with Crippen molar-refractivity contribution in [2.75, 3.05) is 6.61 Å². The monoisotopic (exact) mass is 273 g/mol. The van der Waals surface area contributed by atoms with Crippen molar-refractivity contribution in [3.8, 4) is 11.3 Å². The minimum absolute atomic E-state index is 0.248. The van der Waals surface area contributed by atoms with Crippen LogP contribution in [0.5, 0.6) is 0 Å². The Hall–Kier alpha value is -2.10. The van der Waals surface area contributed by atoms with Crippen LogP contribution in [-0.2, 0) is 10.2 Å². The number of nitrogens with zero attached hydrogens (tertiary/aromatic N) is 1. The molecular formula is C16H19NO3. The average molecular weight is 273 g/mol. The van der Waals surface area contributed by atoms with Crippen LogP contribution >= 0.6 is 0 Å². The standard InChI is InChI=1S/C16H19NO3/c1-5-20-15(18)12-6-7-13(11-8-9-19-10-11)17-14(12)16(2,3)4/h6-10H,5H2,1-4H3. The van der Waals surface area contributed by atoms with Gasteiger partial charge in [0.05, 0.1) is 36.1 Å². The van der Waals surface area contributed by atoms with Gasteiger partial charge in [0, 0.05) is 11.0 Å². The molecule has 0 aromatic carbocycles. The van der Waals surface area contributed by atoms with Crippen molar-refractivity contribution in [3.63, 3.8) is 0 Å². The molecule has 2 rings (SSSR count). The lowest BCUT2D eigenvalue weighted by atomic mass is 9.88. The van der Waals surface area contributed by atoms with E-state index in [0.717, 1.165) is 17.0 Å². The van der Waals surface area contributed by atoms with E-state index in [1.807, 2.05) is 32.9 Å². The molecule has 0 amide bonds. The van der Waals surface area contributed by atoms with Gasteiger partial charge >= 0.3 is 5.97 Å². The van der Waals surface area contributed by atoms with Crippen molar-refractivity contribution in [2.24, 2.45) is 0 Å². The van der Waals surface area contributed by atoms with Crippen molar-refractivity contribution in [1.82, 2.24) is 4.98 Å². The highest BCUT2D eigenvalue weighted by atomic mass is 16.5. The van der Waals surface area contributed by atoms with Crippen LogP contribution in [0.4, 0.5) is 0 Å². The van der Waals surface area contributed by atoms with Crippen LogP contribution in [0, 0.1) is 0 Å². The first-order valence-electron chi connectivity index (χ1n) is 6.64. The van der Waals surface area contributed by atoms with E-state index in [0.29, 0.717) is 12.2 Å². The molecule has 0 spiro atoms. The predicted octanol–water partition coefficient (Wildman–Crippen LogP) is 3.82. The van der Waals surface area contributed by atoms with Gasteiger partial charge in [-0.3, -0.25) is 4.98 Å². The molecule has 2 aromatic rings. The highest BCUT2D eigenvalue weighted by molar-refractivity contribution is 5.91. The van der Waals surface area contributed by atoms with E-state index in [1.54, 1.807) is 25.5 Å². The second kappa shape index (κ2) is 5.49. The molecule has 4 heteroatoms. The summed E-state index contributed by atoms with van der Waals surface area (Å²) in [5.41, 5.74) is 2.69. The van der Waals surface area contributed by atoms with E-state index in [4.69, 9.17) is 9.15 Å². The van der Waals surface area contributed by atoms with Gasteiger partial charge in [0.15, 0.2) is 0 Å². The fraction of sp³-hybridized carbons (Fsp3) is 0.375. The molecular weight excluding hydrogens is 254 g/mol. The Labute approximate surface area is 118 Å². The molecule has 0 unspecified atom stereocenters. The second-order valence-electron chi connectivity index (χ2n) is 5.58. The number of hydrogen-bond acceptors (Lipinski definition) is 4. The van der Waals surface area contributed by atoms with Gasteiger partial charge in [-0.2, -0.15) is 0 Å². The average Bonchev–Trinajstić information content (AvgIpc) is 2.91. The Morgan fingerprint density at radius 1 is 1.30 bits per heavy atom. The van der Waals surface area contributed by atoms with E-state index < -0.39 is 0 Å². The van der Waals surface area contributed by atoms with Gasteiger partial charge in [-0.25, -0.2) is 4.79 Å². The van der Waals surface area contributed by atoms with Gasteiger partial charge in [-0.05, 0) is 25.1 Å². The minimum Gasteiger partial charge on any atom is -0.472 e. The summed E-state index contributed by atoms with van der Waals surface area (Å²) in [4.78, 5) is 16.7. The molecule has 0 aliphatic rings. The summed E-state index contributed by atoms with van der Waals surface area (Å²) in [5.74, 6) is -0.330. The molecule has 106 valence electrons. The van der Waals surface area contributed by atoms with E-state index >= 15 is 0 Å². The highest BCUT2D eigenvalue weighted by Crippen LogP contribution is 2.28. The zero-order valence-corrected chi connectivity index (χ0v) is 12.3. The number of rotatable bonds is 3. The smallest absolute Gasteiger partial charge is 0.340 e. The van der Waals surface area contributed by atoms with Crippen molar-refractivity contribution >= 4 is 5.97 Å². The lowest BCUT2D eigenvalue weighted by Gasteiger charge is -2.21. The fourth-order valence-corrected chi connectivity index (χ4v) is 1.98. The van der Waals surface area contributed by atoms with Gasteiger partial charge < -0.3 is 9.15 Å². The van der Waals surface area contributed by atoms with Gasteiger partial charge in [-0.1, -0.05) is 20.8 Å². The van der Waals surface area contributed by atoms with Gasteiger partial charge in [0.25, 0.3) is 0 Å².